The van der Waals surface area contributed by atoms with Gasteiger partial charge in [-0.25, -0.2) is 4.98 Å². The molecule has 90 valence electrons. The molecule has 0 amide bonds. The molecule has 0 unspecified atom stereocenters. The highest BCUT2D eigenvalue weighted by Crippen LogP contribution is 2.10. The fourth-order valence-electron chi connectivity index (χ4n) is 1.28. The van der Waals surface area contributed by atoms with Gasteiger partial charge in [0.15, 0.2) is 0 Å². The number of anilines is 1. The molecular weight excluding hydrogens is 266 g/mol. The van der Waals surface area contributed by atoms with Crippen molar-refractivity contribution in [3.63, 3.8) is 0 Å². The van der Waals surface area contributed by atoms with E-state index in [-0.39, 0.29) is 0 Å². The van der Waals surface area contributed by atoms with E-state index in [1.54, 1.807) is 0 Å². The molecule has 16 heavy (non-hydrogen) atoms. The lowest BCUT2D eigenvalue weighted by Crippen LogP contribution is -2.28. The van der Waals surface area contributed by atoms with Gasteiger partial charge in [0.05, 0.1) is 0 Å². The van der Waals surface area contributed by atoms with Gasteiger partial charge in [0.25, 0.3) is 0 Å². The van der Waals surface area contributed by atoms with Crippen molar-refractivity contribution in [2.75, 3.05) is 25.5 Å². The molecule has 0 aliphatic rings. The lowest BCUT2D eigenvalue weighted by molar-refractivity contribution is 0.273. The molecule has 0 aliphatic heterocycles. The molecule has 0 aromatic carbocycles. The Labute approximate surface area is 106 Å². The minimum atomic E-state index is 0.616. The first kappa shape index (κ1) is 13.5. The summed E-state index contributed by atoms with van der Waals surface area (Å²) < 4.78 is 1.01. The van der Waals surface area contributed by atoms with Crippen LogP contribution in [0.25, 0.3) is 0 Å². The van der Waals surface area contributed by atoms with Crippen LogP contribution in [0.1, 0.15) is 20.3 Å². The molecule has 0 radical (unpaired) electrons. The van der Waals surface area contributed by atoms with Crippen molar-refractivity contribution in [1.29, 1.82) is 0 Å². The van der Waals surface area contributed by atoms with E-state index in [2.05, 4.69) is 52.0 Å². The summed E-state index contributed by atoms with van der Waals surface area (Å²) in [4.78, 5) is 6.60. The van der Waals surface area contributed by atoms with Crippen molar-refractivity contribution < 1.29 is 0 Å². The zero-order valence-electron chi connectivity index (χ0n) is 10.2. The van der Waals surface area contributed by atoms with Crippen LogP contribution in [0.2, 0.25) is 0 Å². The van der Waals surface area contributed by atoms with Gasteiger partial charge in [-0.05, 0) is 61.9 Å². The lowest BCUT2D eigenvalue weighted by Gasteiger charge is -2.20. The van der Waals surface area contributed by atoms with Crippen LogP contribution in [0.5, 0.6) is 0 Å². The highest BCUT2D eigenvalue weighted by atomic mass is 79.9. The number of pyridine rings is 1. The van der Waals surface area contributed by atoms with Crippen LogP contribution in [-0.4, -0.2) is 36.1 Å². The normalized spacial score (nSPS) is 11.1. The first-order valence-corrected chi connectivity index (χ1v) is 6.44. The second-order valence-corrected chi connectivity index (χ2v) is 5.13. The van der Waals surface area contributed by atoms with Crippen LogP contribution >= 0.6 is 15.9 Å². The Balaban J connectivity index is 2.18. The maximum atomic E-state index is 4.26. The van der Waals surface area contributed by atoms with Crippen LogP contribution in [0.3, 0.4) is 0 Å². The van der Waals surface area contributed by atoms with Crippen molar-refractivity contribution in [2.24, 2.45) is 0 Å². The first-order valence-electron chi connectivity index (χ1n) is 5.65. The molecule has 1 heterocycles. The molecule has 1 aromatic heterocycles. The van der Waals surface area contributed by atoms with Gasteiger partial charge in [-0.1, -0.05) is 0 Å². The van der Waals surface area contributed by atoms with Crippen LogP contribution in [0, 0.1) is 0 Å². The summed E-state index contributed by atoms with van der Waals surface area (Å²) in [5.41, 5.74) is 0. The molecule has 1 N–H and O–H groups in total. The van der Waals surface area contributed by atoms with Crippen molar-refractivity contribution >= 4 is 21.7 Å². The fourth-order valence-corrected chi connectivity index (χ4v) is 1.52. The topological polar surface area (TPSA) is 28.2 Å². The van der Waals surface area contributed by atoms with Crippen molar-refractivity contribution in [1.82, 2.24) is 9.88 Å². The maximum Gasteiger partial charge on any atom is 0.125 e. The number of rotatable bonds is 6. The van der Waals surface area contributed by atoms with Crippen LogP contribution in [-0.2, 0) is 0 Å². The van der Waals surface area contributed by atoms with Gasteiger partial charge in [-0.15, -0.1) is 0 Å². The summed E-state index contributed by atoms with van der Waals surface area (Å²) in [7, 11) is 2.16. The van der Waals surface area contributed by atoms with Gasteiger partial charge in [-0.2, -0.15) is 0 Å². The fraction of sp³-hybridized carbons (Fsp3) is 0.583. The Morgan fingerprint density at radius 1 is 1.44 bits per heavy atom. The Hall–Kier alpha value is -0.610. The van der Waals surface area contributed by atoms with E-state index in [1.807, 2.05) is 18.3 Å². The van der Waals surface area contributed by atoms with Gasteiger partial charge >= 0.3 is 0 Å². The van der Waals surface area contributed by atoms with Gasteiger partial charge < -0.3 is 10.2 Å². The molecule has 0 spiro atoms. The van der Waals surface area contributed by atoms with E-state index in [0.717, 1.165) is 29.8 Å². The van der Waals surface area contributed by atoms with Crippen LogP contribution in [0.4, 0.5) is 5.82 Å². The number of aromatic nitrogens is 1. The van der Waals surface area contributed by atoms with Gasteiger partial charge in [0, 0.05) is 23.3 Å². The SMILES string of the molecule is CC(C)N(C)CCCNc1ccc(Br)cn1. The van der Waals surface area contributed by atoms with Crippen LogP contribution in [0.15, 0.2) is 22.8 Å². The van der Waals surface area contributed by atoms with E-state index in [9.17, 15) is 0 Å². The third-order valence-corrected chi connectivity index (χ3v) is 3.07. The minimum Gasteiger partial charge on any atom is -0.370 e. The number of hydrogen-bond acceptors (Lipinski definition) is 3. The predicted octanol–water partition coefficient (Wildman–Crippen LogP) is 2.99. The second kappa shape index (κ2) is 6.86. The second-order valence-electron chi connectivity index (χ2n) is 4.22. The third-order valence-electron chi connectivity index (χ3n) is 2.60. The van der Waals surface area contributed by atoms with E-state index < -0.39 is 0 Å². The summed E-state index contributed by atoms with van der Waals surface area (Å²) in [6.45, 7) is 6.50. The third kappa shape index (κ3) is 4.94. The minimum absolute atomic E-state index is 0.616. The Kier molecular flexibility index (Phi) is 5.77. The Morgan fingerprint density at radius 2 is 2.19 bits per heavy atom. The molecule has 0 atom stereocenters. The molecule has 1 rings (SSSR count). The number of halogens is 1. The Bertz CT molecular complexity index is 298. The van der Waals surface area contributed by atoms with Gasteiger partial charge in [0.2, 0.25) is 0 Å². The molecule has 0 aliphatic carbocycles. The number of nitrogens with one attached hydrogen (secondary N) is 1. The van der Waals surface area contributed by atoms with Crippen molar-refractivity contribution in [2.45, 2.75) is 26.3 Å². The zero-order chi connectivity index (χ0) is 12.0. The largest absolute Gasteiger partial charge is 0.370 e. The average molecular weight is 286 g/mol. The number of hydrogen-bond donors (Lipinski definition) is 1. The standard InChI is InChI=1S/C12H20BrN3/c1-10(2)16(3)8-4-7-14-12-6-5-11(13)9-15-12/h5-6,9-10H,4,7-8H2,1-3H3,(H,14,15). The molecule has 0 fully saturated rings. The molecule has 0 saturated carbocycles. The zero-order valence-corrected chi connectivity index (χ0v) is 11.8. The lowest BCUT2D eigenvalue weighted by atomic mass is 10.3. The molecular formula is C12H20BrN3. The van der Waals surface area contributed by atoms with Crippen LogP contribution < -0.4 is 5.32 Å². The highest BCUT2D eigenvalue weighted by Gasteiger charge is 2.01. The average Bonchev–Trinajstić information content (AvgIpc) is 2.26. The summed E-state index contributed by atoms with van der Waals surface area (Å²) in [5.74, 6) is 0.940. The highest BCUT2D eigenvalue weighted by molar-refractivity contribution is 9.10. The van der Waals surface area contributed by atoms with E-state index in [4.69, 9.17) is 0 Å². The quantitative estimate of drug-likeness (QED) is 0.815. The van der Waals surface area contributed by atoms with Gasteiger partial charge in [-0.3, -0.25) is 0 Å². The first-order chi connectivity index (χ1) is 7.59. The molecule has 4 heteroatoms. The van der Waals surface area contributed by atoms with Gasteiger partial charge in [0.1, 0.15) is 5.82 Å². The summed E-state index contributed by atoms with van der Waals surface area (Å²) >= 11 is 3.37. The predicted molar refractivity (Wildman–Crippen MR) is 72.8 cm³/mol. The number of nitrogens with zero attached hydrogens (tertiary/aromatic N) is 2. The Morgan fingerprint density at radius 3 is 2.75 bits per heavy atom. The molecule has 1 aromatic rings. The summed E-state index contributed by atoms with van der Waals surface area (Å²) in [6, 6.07) is 4.59. The molecule has 3 nitrogen and oxygen atoms in total. The van der Waals surface area contributed by atoms with Crippen molar-refractivity contribution in [3.8, 4) is 0 Å². The summed E-state index contributed by atoms with van der Waals surface area (Å²) in [6.07, 6.45) is 2.94. The van der Waals surface area contributed by atoms with E-state index in [1.165, 1.54) is 0 Å². The van der Waals surface area contributed by atoms with E-state index >= 15 is 0 Å². The monoisotopic (exact) mass is 285 g/mol. The maximum absolute atomic E-state index is 4.26. The summed E-state index contributed by atoms with van der Waals surface area (Å²) in [5, 5.41) is 3.31. The smallest absolute Gasteiger partial charge is 0.125 e. The molecule has 0 saturated heterocycles. The molecule has 0 bridgehead atoms. The van der Waals surface area contributed by atoms with E-state index in [0.29, 0.717) is 6.04 Å². The van der Waals surface area contributed by atoms with Crippen molar-refractivity contribution in [3.05, 3.63) is 22.8 Å².